The van der Waals surface area contributed by atoms with Gasteiger partial charge in [-0.2, -0.15) is 0 Å². The van der Waals surface area contributed by atoms with Gasteiger partial charge >= 0.3 is 0 Å². The monoisotopic (exact) mass is 555 g/mol. The number of carbonyl (C=O) groups excluding carboxylic acids is 2. The Bertz CT molecular complexity index is 1070. The maximum atomic E-state index is 14.4. The van der Waals surface area contributed by atoms with Crippen molar-refractivity contribution < 1.29 is 19.8 Å². The minimum Gasteiger partial charge on any atom is -0.396 e. The summed E-state index contributed by atoms with van der Waals surface area (Å²) >= 11 is 0. The van der Waals surface area contributed by atoms with Gasteiger partial charge in [-0.25, -0.2) is 0 Å². The molecular formula is C35H57NO4. The Morgan fingerprint density at radius 1 is 0.925 bits per heavy atom. The number of allylic oxidation sites excluding steroid dienone is 2. The van der Waals surface area contributed by atoms with E-state index in [2.05, 4.69) is 59.9 Å². The van der Waals surface area contributed by atoms with E-state index in [9.17, 15) is 14.7 Å². The molecule has 40 heavy (non-hydrogen) atoms. The zero-order valence-electron chi connectivity index (χ0n) is 26.5. The van der Waals surface area contributed by atoms with Crippen molar-refractivity contribution in [1.29, 1.82) is 0 Å². The molecule has 0 radical (unpaired) electrons. The van der Waals surface area contributed by atoms with Crippen LogP contribution in [0.4, 0.5) is 0 Å². The summed E-state index contributed by atoms with van der Waals surface area (Å²) in [5.74, 6) is 1.06. The first-order valence-corrected chi connectivity index (χ1v) is 16.4. The maximum absolute atomic E-state index is 14.4. The van der Waals surface area contributed by atoms with Crippen molar-refractivity contribution in [3.63, 3.8) is 0 Å². The molecule has 0 aromatic rings. The number of unbranched alkanes of at least 4 members (excludes halogenated alkanes) is 2. The normalized spacial score (nSPS) is 47.7. The van der Waals surface area contributed by atoms with Crippen molar-refractivity contribution >= 4 is 11.7 Å². The van der Waals surface area contributed by atoms with Crippen LogP contribution in [0.25, 0.3) is 0 Å². The third-order valence-electron chi connectivity index (χ3n) is 14.2. The second kappa shape index (κ2) is 9.93. The van der Waals surface area contributed by atoms with Crippen LogP contribution >= 0.6 is 0 Å². The average Bonchev–Trinajstić information content (AvgIpc) is 2.88. The summed E-state index contributed by atoms with van der Waals surface area (Å²) in [6, 6.07) is 0. The van der Waals surface area contributed by atoms with Crippen LogP contribution in [0.15, 0.2) is 11.6 Å². The summed E-state index contributed by atoms with van der Waals surface area (Å²) < 4.78 is 0. The van der Waals surface area contributed by atoms with Crippen LogP contribution in [0.2, 0.25) is 0 Å². The fraction of sp³-hybridized carbons (Fsp3) is 0.886. The highest BCUT2D eigenvalue weighted by atomic mass is 16.3. The van der Waals surface area contributed by atoms with Crippen LogP contribution in [0.5, 0.6) is 0 Å². The first-order valence-electron chi connectivity index (χ1n) is 16.4. The maximum Gasteiger partial charge on any atom is 0.225 e. The van der Waals surface area contributed by atoms with Crippen molar-refractivity contribution in [2.24, 2.45) is 50.2 Å². The Morgan fingerprint density at radius 2 is 1.62 bits per heavy atom. The Balaban J connectivity index is 1.47. The highest BCUT2D eigenvalue weighted by Crippen LogP contribution is 2.75. The van der Waals surface area contributed by atoms with E-state index in [-0.39, 0.29) is 57.5 Å². The van der Waals surface area contributed by atoms with Gasteiger partial charge < -0.3 is 15.5 Å². The van der Waals surface area contributed by atoms with Gasteiger partial charge in [0.15, 0.2) is 5.78 Å². The molecule has 3 unspecified atom stereocenters. The number of rotatable bonds is 6. The van der Waals surface area contributed by atoms with Gasteiger partial charge in [0.25, 0.3) is 0 Å². The van der Waals surface area contributed by atoms with Gasteiger partial charge in [-0.05, 0) is 122 Å². The molecule has 3 N–H and O–H groups in total. The number of aliphatic hydroxyl groups is 2. The molecule has 0 aliphatic heterocycles. The lowest BCUT2D eigenvalue weighted by atomic mass is 9.33. The molecule has 4 fully saturated rings. The summed E-state index contributed by atoms with van der Waals surface area (Å²) in [5.41, 5.74) is 0.618. The molecule has 9 atom stereocenters. The van der Waals surface area contributed by atoms with Crippen molar-refractivity contribution in [2.75, 3.05) is 13.2 Å². The van der Waals surface area contributed by atoms with Gasteiger partial charge in [0, 0.05) is 24.5 Å². The van der Waals surface area contributed by atoms with E-state index in [4.69, 9.17) is 5.11 Å². The summed E-state index contributed by atoms with van der Waals surface area (Å²) in [4.78, 5) is 28.0. The topological polar surface area (TPSA) is 86.6 Å². The molecule has 0 aromatic heterocycles. The fourth-order valence-electron chi connectivity index (χ4n) is 11.2. The van der Waals surface area contributed by atoms with Crippen LogP contribution < -0.4 is 5.32 Å². The summed E-state index contributed by atoms with van der Waals surface area (Å²) in [6.07, 6.45) is 13.2. The molecule has 5 heteroatoms. The molecular weight excluding hydrogens is 498 g/mol. The zero-order chi connectivity index (χ0) is 29.4. The van der Waals surface area contributed by atoms with Gasteiger partial charge in [0.05, 0.1) is 6.10 Å². The molecule has 0 saturated heterocycles. The highest BCUT2D eigenvalue weighted by Gasteiger charge is 2.70. The van der Waals surface area contributed by atoms with Gasteiger partial charge in [-0.3, -0.25) is 9.59 Å². The van der Waals surface area contributed by atoms with Gasteiger partial charge in [0.1, 0.15) is 0 Å². The summed E-state index contributed by atoms with van der Waals surface area (Å²) in [6.45, 7) is 17.2. The predicted octanol–water partition coefficient (Wildman–Crippen LogP) is 6.61. The number of fused-ring (bicyclic) bond motifs is 7. The summed E-state index contributed by atoms with van der Waals surface area (Å²) in [7, 11) is 0. The molecule has 5 nitrogen and oxygen atoms in total. The molecule has 0 aromatic carbocycles. The molecule has 1 amide bonds. The molecule has 5 rings (SSSR count). The van der Waals surface area contributed by atoms with Gasteiger partial charge in [-0.1, -0.05) is 54.0 Å². The van der Waals surface area contributed by atoms with E-state index in [0.29, 0.717) is 18.2 Å². The Labute approximate surface area is 243 Å². The van der Waals surface area contributed by atoms with Gasteiger partial charge in [0.2, 0.25) is 5.91 Å². The minimum absolute atomic E-state index is 0.0131. The quantitative estimate of drug-likeness (QED) is 0.322. The van der Waals surface area contributed by atoms with E-state index < -0.39 is 5.41 Å². The molecule has 0 bridgehead atoms. The van der Waals surface area contributed by atoms with E-state index in [0.717, 1.165) is 77.0 Å². The minimum atomic E-state index is -0.422. The van der Waals surface area contributed by atoms with Crippen molar-refractivity contribution in [3.8, 4) is 0 Å². The van der Waals surface area contributed by atoms with E-state index >= 15 is 0 Å². The first kappa shape index (κ1) is 30.3. The zero-order valence-corrected chi connectivity index (χ0v) is 26.5. The average molecular weight is 556 g/mol. The molecule has 5 aliphatic carbocycles. The number of ketones is 1. The third kappa shape index (κ3) is 4.21. The molecule has 4 saturated carbocycles. The second-order valence-electron chi connectivity index (χ2n) is 16.7. The van der Waals surface area contributed by atoms with Crippen molar-refractivity contribution in [1.82, 2.24) is 5.32 Å². The van der Waals surface area contributed by atoms with Crippen LogP contribution in [-0.4, -0.2) is 41.2 Å². The Hall–Kier alpha value is -1.20. The first-order chi connectivity index (χ1) is 18.6. The standard InChI is InChI=1S/C35H57NO4/c1-30(2)26-11-14-35(7)28(33(26,5)13-12-27(30)39)25(38)21-23-24-22-32(4,29(40)36-19-9-8-10-20-37)16-15-31(24,3)17-18-34(23,35)6/h21,24,26-28,37,39H,8-20,22H2,1-7H3,(H,36,40)/t24-,26?,27-,28+,31+,32-,33?,34+,35?/m0/s1. The van der Waals surface area contributed by atoms with Crippen molar-refractivity contribution in [2.45, 2.75) is 132 Å². The number of hydrogen-bond acceptors (Lipinski definition) is 4. The number of carbonyl (C=O) groups is 2. The lowest BCUT2D eigenvalue weighted by Gasteiger charge is -2.70. The fourth-order valence-corrected chi connectivity index (χ4v) is 11.2. The number of amides is 1. The third-order valence-corrected chi connectivity index (χ3v) is 14.2. The predicted molar refractivity (Wildman–Crippen MR) is 159 cm³/mol. The van der Waals surface area contributed by atoms with Crippen LogP contribution in [-0.2, 0) is 9.59 Å². The lowest BCUT2D eigenvalue weighted by molar-refractivity contribution is -0.202. The largest absolute Gasteiger partial charge is 0.396 e. The van der Waals surface area contributed by atoms with Gasteiger partial charge in [-0.15, -0.1) is 0 Å². The van der Waals surface area contributed by atoms with Crippen molar-refractivity contribution in [3.05, 3.63) is 11.6 Å². The number of aliphatic hydroxyl groups excluding tert-OH is 2. The molecule has 0 spiro atoms. The second-order valence-corrected chi connectivity index (χ2v) is 16.7. The van der Waals surface area contributed by atoms with Crippen LogP contribution in [0, 0.1) is 50.2 Å². The smallest absolute Gasteiger partial charge is 0.225 e. The van der Waals surface area contributed by atoms with E-state index in [1.807, 2.05) is 0 Å². The SMILES string of the molecule is CC1(C)C2CCC3(C)[C@H](C(=O)C=C4[C@@H]5C[C@@](C)(C(=O)NCCCCCO)CC[C@]5(C)CC[C@]43C)C2(C)CC[C@@H]1O. The molecule has 5 aliphatic rings. The lowest BCUT2D eigenvalue weighted by Crippen LogP contribution is -2.66. The Kier molecular flexibility index (Phi) is 7.51. The van der Waals surface area contributed by atoms with Crippen LogP contribution in [0.3, 0.4) is 0 Å². The van der Waals surface area contributed by atoms with E-state index in [1.54, 1.807) is 0 Å². The highest BCUT2D eigenvalue weighted by molar-refractivity contribution is 5.95. The van der Waals surface area contributed by atoms with Crippen LogP contribution in [0.1, 0.15) is 126 Å². The summed E-state index contributed by atoms with van der Waals surface area (Å²) in [5, 5.41) is 23.2. The van der Waals surface area contributed by atoms with E-state index in [1.165, 1.54) is 5.57 Å². The Morgan fingerprint density at radius 3 is 2.33 bits per heavy atom. The molecule has 0 heterocycles. The number of nitrogens with one attached hydrogen (secondary N) is 1. The number of hydrogen-bond donors (Lipinski definition) is 3. The molecule has 226 valence electrons.